The van der Waals surface area contributed by atoms with Crippen LogP contribution in [0.5, 0.6) is 0 Å². The number of H-pyrrole nitrogens is 1. The number of pyridine rings is 1. The number of aromatic nitrogens is 3. The van der Waals surface area contributed by atoms with Crippen LogP contribution in [0.15, 0.2) is 36.4 Å². The lowest BCUT2D eigenvalue weighted by atomic mass is 9.95. The Morgan fingerprint density at radius 2 is 1.89 bits per heavy atom. The molecule has 1 aromatic carbocycles. The average molecular weight is 408 g/mol. The molecule has 3 aromatic rings. The van der Waals surface area contributed by atoms with Gasteiger partial charge in [0.1, 0.15) is 0 Å². The van der Waals surface area contributed by atoms with Crippen LogP contribution in [0.3, 0.4) is 0 Å². The summed E-state index contributed by atoms with van der Waals surface area (Å²) < 4.78 is 0. The Kier molecular flexibility index (Phi) is 6.46. The lowest BCUT2D eigenvalue weighted by Gasteiger charge is -2.17. The molecule has 1 amide bonds. The van der Waals surface area contributed by atoms with Gasteiger partial charge in [-0.3, -0.25) is 9.89 Å². The number of halogens is 2. The molecule has 1 saturated heterocycles. The largest absolute Gasteiger partial charge is 0.336 e. The van der Waals surface area contributed by atoms with Crippen molar-refractivity contribution >= 4 is 41.8 Å². The van der Waals surface area contributed by atoms with Crippen molar-refractivity contribution in [2.75, 3.05) is 13.1 Å². The van der Waals surface area contributed by atoms with Crippen LogP contribution < -0.4 is 5.73 Å². The second-order valence-corrected chi connectivity index (χ2v) is 6.75. The summed E-state index contributed by atoms with van der Waals surface area (Å²) in [6.45, 7) is 4.97. The lowest BCUT2D eigenvalue weighted by Crippen LogP contribution is -2.32. The van der Waals surface area contributed by atoms with E-state index in [2.05, 4.69) is 27.3 Å². The number of nitrogens with one attached hydrogen (secondary N) is 1. The first kappa shape index (κ1) is 21.2. The molecule has 0 aliphatic carbocycles. The van der Waals surface area contributed by atoms with E-state index in [4.69, 9.17) is 5.73 Å². The van der Waals surface area contributed by atoms with Crippen LogP contribution in [0.1, 0.15) is 33.2 Å². The summed E-state index contributed by atoms with van der Waals surface area (Å²) in [6, 6.07) is 11.9. The molecule has 8 heteroatoms. The van der Waals surface area contributed by atoms with Gasteiger partial charge in [-0.25, -0.2) is 4.98 Å². The van der Waals surface area contributed by atoms with Gasteiger partial charge in [0.15, 0.2) is 5.65 Å². The van der Waals surface area contributed by atoms with E-state index in [1.807, 2.05) is 43.0 Å². The van der Waals surface area contributed by atoms with Crippen molar-refractivity contribution in [3.05, 3.63) is 58.9 Å². The van der Waals surface area contributed by atoms with Gasteiger partial charge < -0.3 is 10.6 Å². The number of aryl methyl sites for hydroxylation is 2. The Balaban J connectivity index is 0.00000131. The van der Waals surface area contributed by atoms with Crippen LogP contribution >= 0.6 is 24.8 Å². The van der Waals surface area contributed by atoms with Crippen molar-refractivity contribution in [2.45, 2.75) is 25.8 Å². The third-order valence-electron chi connectivity index (χ3n) is 4.94. The molecule has 1 aliphatic rings. The van der Waals surface area contributed by atoms with Gasteiger partial charge in [-0.2, -0.15) is 5.10 Å². The summed E-state index contributed by atoms with van der Waals surface area (Å²) in [6.07, 6.45) is 0. The summed E-state index contributed by atoms with van der Waals surface area (Å²) >= 11 is 0. The Hall–Kier alpha value is -2.15. The molecular weight excluding hydrogens is 385 g/mol. The van der Waals surface area contributed by atoms with Crippen molar-refractivity contribution in [3.63, 3.8) is 0 Å². The van der Waals surface area contributed by atoms with Gasteiger partial charge in [-0.05, 0) is 25.5 Å². The van der Waals surface area contributed by atoms with E-state index < -0.39 is 0 Å². The summed E-state index contributed by atoms with van der Waals surface area (Å²) in [5.41, 5.74) is 10.4. The molecule has 0 bridgehead atoms. The zero-order chi connectivity index (χ0) is 17.6. The topological polar surface area (TPSA) is 87.9 Å². The highest BCUT2D eigenvalue weighted by molar-refractivity contribution is 6.06. The second-order valence-electron chi connectivity index (χ2n) is 6.75. The molecule has 0 radical (unpaired) electrons. The maximum absolute atomic E-state index is 13.2. The Morgan fingerprint density at radius 3 is 2.59 bits per heavy atom. The predicted molar refractivity (Wildman–Crippen MR) is 111 cm³/mol. The van der Waals surface area contributed by atoms with Gasteiger partial charge in [0.2, 0.25) is 0 Å². The molecule has 27 heavy (non-hydrogen) atoms. The number of carbonyl (C=O) groups excluding carboxylic acids is 1. The van der Waals surface area contributed by atoms with E-state index in [9.17, 15) is 4.79 Å². The van der Waals surface area contributed by atoms with E-state index in [0.717, 1.165) is 16.8 Å². The van der Waals surface area contributed by atoms with Crippen molar-refractivity contribution in [2.24, 2.45) is 5.73 Å². The van der Waals surface area contributed by atoms with Gasteiger partial charge in [-0.15, -0.1) is 24.8 Å². The molecule has 2 atom stereocenters. The third kappa shape index (κ3) is 3.78. The molecule has 1 aliphatic heterocycles. The number of likely N-dealkylation sites (tertiary alicyclic amines) is 1. The number of nitrogens with two attached hydrogens (primary N) is 1. The van der Waals surface area contributed by atoms with E-state index in [0.29, 0.717) is 24.3 Å². The van der Waals surface area contributed by atoms with Gasteiger partial charge in [-0.1, -0.05) is 30.3 Å². The van der Waals surface area contributed by atoms with Gasteiger partial charge in [0, 0.05) is 36.4 Å². The molecule has 4 rings (SSSR count). The average Bonchev–Trinajstić information content (AvgIpc) is 3.17. The number of amides is 1. The summed E-state index contributed by atoms with van der Waals surface area (Å²) in [5.74, 6) is 0.155. The molecule has 0 saturated carbocycles. The molecular formula is C19H23Cl2N5O. The molecule has 0 unspecified atom stereocenters. The first-order chi connectivity index (χ1) is 12.0. The fraction of sp³-hybridized carbons (Fsp3) is 0.316. The maximum Gasteiger partial charge on any atom is 0.254 e. The molecule has 1 fully saturated rings. The second kappa shape index (κ2) is 8.25. The normalized spacial score (nSPS) is 18.9. The minimum atomic E-state index is -0.0600. The number of benzene rings is 1. The molecule has 0 spiro atoms. The SMILES string of the molecule is Cc1cc(C(=O)N2C[C@@H](N)[C@H](c3ccccc3)C2)c2c(C)[nH]nc2n1.Cl.Cl. The molecule has 3 heterocycles. The van der Waals surface area contributed by atoms with E-state index in [-0.39, 0.29) is 42.7 Å². The zero-order valence-electron chi connectivity index (χ0n) is 15.2. The Morgan fingerprint density at radius 1 is 1.19 bits per heavy atom. The fourth-order valence-electron chi connectivity index (χ4n) is 3.69. The quantitative estimate of drug-likeness (QED) is 0.683. The van der Waals surface area contributed by atoms with Crippen molar-refractivity contribution < 1.29 is 4.79 Å². The first-order valence-electron chi connectivity index (χ1n) is 8.46. The number of nitrogens with zero attached hydrogens (tertiary/aromatic N) is 3. The number of aromatic amines is 1. The van der Waals surface area contributed by atoms with Crippen LogP contribution in [0.25, 0.3) is 11.0 Å². The molecule has 144 valence electrons. The standard InChI is InChI=1S/C19H21N5O.2ClH/c1-11-8-14(17-12(2)22-23-18(17)21-11)19(25)24-9-15(16(20)10-24)13-6-4-3-5-7-13;;/h3-8,15-16H,9-10,20H2,1-2H3,(H,21,22,23);2*1H/t15-,16+;;/m0../s1. The van der Waals surface area contributed by atoms with Gasteiger partial charge in [0.05, 0.1) is 10.9 Å². The smallest absolute Gasteiger partial charge is 0.254 e. The van der Waals surface area contributed by atoms with Gasteiger partial charge in [0.25, 0.3) is 5.91 Å². The van der Waals surface area contributed by atoms with E-state index >= 15 is 0 Å². The lowest BCUT2D eigenvalue weighted by molar-refractivity contribution is 0.0791. The summed E-state index contributed by atoms with van der Waals surface area (Å²) in [7, 11) is 0. The highest BCUT2D eigenvalue weighted by Crippen LogP contribution is 2.29. The van der Waals surface area contributed by atoms with Crippen molar-refractivity contribution in [1.29, 1.82) is 0 Å². The number of carbonyl (C=O) groups is 1. The summed E-state index contributed by atoms with van der Waals surface area (Å²) in [5, 5.41) is 7.92. The van der Waals surface area contributed by atoms with Crippen LogP contribution in [0.4, 0.5) is 0 Å². The van der Waals surface area contributed by atoms with Crippen molar-refractivity contribution in [3.8, 4) is 0 Å². The fourth-order valence-corrected chi connectivity index (χ4v) is 3.69. The number of rotatable bonds is 2. The first-order valence-corrected chi connectivity index (χ1v) is 8.46. The van der Waals surface area contributed by atoms with Crippen LogP contribution in [-0.2, 0) is 0 Å². The van der Waals surface area contributed by atoms with Crippen LogP contribution in [0, 0.1) is 13.8 Å². The number of fused-ring (bicyclic) bond motifs is 1. The highest BCUT2D eigenvalue weighted by Gasteiger charge is 2.35. The monoisotopic (exact) mass is 407 g/mol. The highest BCUT2D eigenvalue weighted by atomic mass is 35.5. The summed E-state index contributed by atoms with van der Waals surface area (Å²) in [4.78, 5) is 19.4. The van der Waals surface area contributed by atoms with Crippen molar-refractivity contribution in [1.82, 2.24) is 20.1 Å². The Labute approximate surface area is 170 Å². The zero-order valence-corrected chi connectivity index (χ0v) is 16.8. The van der Waals surface area contributed by atoms with E-state index in [1.54, 1.807) is 0 Å². The number of hydrogen-bond donors (Lipinski definition) is 2. The minimum absolute atomic E-state index is 0. The third-order valence-corrected chi connectivity index (χ3v) is 4.94. The van der Waals surface area contributed by atoms with E-state index in [1.165, 1.54) is 5.56 Å². The predicted octanol–water partition coefficient (Wildman–Crippen LogP) is 2.99. The Bertz CT molecular complexity index is 944. The van der Waals surface area contributed by atoms with Crippen LogP contribution in [-0.4, -0.2) is 45.1 Å². The maximum atomic E-state index is 13.2. The van der Waals surface area contributed by atoms with Crippen LogP contribution in [0.2, 0.25) is 0 Å². The van der Waals surface area contributed by atoms with Gasteiger partial charge >= 0.3 is 0 Å². The minimum Gasteiger partial charge on any atom is -0.336 e. The molecule has 2 aromatic heterocycles. The molecule has 3 N–H and O–H groups in total. The number of hydrogen-bond acceptors (Lipinski definition) is 4. The molecule has 6 nitrogen and oxygen atoms in total.